The first-order chi connectivity index (χ1) is 9.95. The van der Waals surface area contributed by atoms with Crippen LogP contribution < -0.4 is 0 Å². The summed E-state index contributed by atoms with van der Waals surface area (Å²) in [5.74, 6) is -0.487. The highest BCUT2D eigenvalue weighted by Crippen LogP contribution is 2.21. The van der Waals surface area contributed by atoms with Crippen LogP contribution in [-0.2, 0) is 9.47 Å². The van der Waals surface area contributed by atoms with Gasteiger partial charge in [0.1, 0.15) is 5.69 Å². The van der Waals surface area contributed by atoms with Crippen molar-refractivity contribution in [2.24, 2.45) is 0 Å². The van der Waals surface area contributed by atoms with Gasteiger partial charge in [-0.05, 0) is 33.3 Å². The van der Waals surface area contributed by atoms with Crippen LogP contribution in [0.25, 0.3) is 0 Å². The zero-order valence-corrected chi connectivity index (χ0v) is 13.0. The van der Waals surface area contributed by atoms with Gasteiger partial charge in [0.2, 0.25) is 0 Å². The number of carbonyl (C=O) groups is 2. The van der Waals surface area contributed by atoms with Crippen LogP contribution in [0.4, 0.5) is 0 Å². The van der Waals surface area contributed by atoms with Crippen LogP contribution in [0.3, 0.4) is 0 Å². The molecule has 1 aliphatic heterocycles. The van der Waals surface area contributed by atoms with Gasteiger partial charge in [-0.25, -0.2) is 4.79 Å². The van der Waals surface area contributed by atoms with Crippen molar-refractivity contribution < 1.29 is 19.1 Å². The molecule has 0 radical (unpaired) electrons. The third-order valence-corrected chi connectivity index (χ3v) is 3.66. The standard InChI is InChI=1S/C15H22N2O4/c1-5-20-15(19)12-10(3)13(16-11(12)4)14(18)17-6-7-21-9(2)8-17/h9,16H,5-8H2,1-4H3. The van der Waals surface area contributed by atoms with E-state index < -0.39 is 5.97 Å². The fourth-order valence-electron chi connectivity index (χ4n) is 2.63. The third kappa shape index (κ3) is 3.10. The predicted molar refractivity (Wildman–Crippen MR) is 77.5 cm³/mol. The number of morpholine rings is 1. The first-order valence-corrected chi connectivity index (χ1v) is 7.22. The number of H-pyrrole nitrogens is 1. The minimum atomic E-state index is -0.391. The van der Waals surface area contributed by atoms with E-state index in [9.17, 15) is 9.59 Å². The summed E-state index contributed by atoms with van der Waals surface area (Å²) >= 11 is 0. The van der Waals surface area contributed by atoms with Crippen LogP contribution in [0, 0.1) is 13.8 Å². The molecule has 0 spiro atoms. The molecule has 1 aromatic heterocycles. The number of amides is 1. The summed E-state index contributed by atoms with van der Waals surface area (Å²) in [6, 6.07) is 0. The van der Waals surface area contributed by atoms with E-state index in [2.05, 4.69) is 4.98 Å². The fraction of sp³-hybridized carbons (Fsp3) is 0.600. The Kier molecular flexibility index (Phi) is 4.67. The molecule has 0 bridgehead atoms. The summed E-state index contributed by atoms with van der Waals surface area (Å²) in [5, 5.41) is 0. The smallest absolute Gasteiger partial charge is 0.340 e. The number of esters is 1. The Labute approximate surface area is 124 Å². The van der Waals surface area contributed by atoms with E-state index in [0.29, 0.717) is 48.8 Å². The number of aromatic nitrogens is 1. The summed E-state index contributed by atoms with van der Waals surface area (Å²) in [6.07, 6.45) is 0.0311. The number of aromatic amines is 1. The summed E-state index contributed by atoms with van der Waals surface area (Å²) in [6.45, 7) is 9.22. The van der Waals surface area contributed by atoms with Gasteiger partial charge in [-0.3, -0.25) is 4.79 Å². The number of ether oxygens (including phenoxy) is 2. The van der Waals surface area contributed by atoms with Gasteiger partial charge in [0.25, 0.3) is 5.91 Å². The lowest BCUT2D eigenvalue weighted by atomic mass is 10.1. The molecular weight excluding hydrogens is 272 g/mol. The van der Waals surface area contributed by atoms with Crippen molar-refractivity contribution in [3.63, 3.8) is 0 Å². The molecule has 1 N–H and O–H groups in total. The average Bonchev–Trinajstić information content (AvgIpc) is 2.73. The van der Waals surface area contributed by atoms with E-state index >= 15 is 0 Å². The van der Waals surface area contributed by atoms with E-state index in [4.69, 9.17) is 9.47 Å². The molecule has 1 unspecified atom stereocenters. The van der Waals surface area contributed by atoms with Gasteiger partial charge in [0, 0.05) is 18.8 Å². The van der Waals surface area contributed by atoms with Crippen LogP contribution in [0.15, 0.2) is 0 Å². The highest BCUT2D eigenvalue weighted by molar-refractivity contribution is 6.00. The van der Waals surface area contributed by atoms with Gasteiger partial charge in [-0.15, -0.1) is 0 Å². The number of rotatable bonds is 3. The molecule has 6 heteroatoms. The zero-order chi connectivity index (χ0) is 15.6. The molecule has 0 aliphatic carbocycles. The number of hydrogen-bond acceptors (Lipinski definition) is 4. The van der Waals surface area contributed by atoms with Crippen LogP contribution in [0.5, 0.6) is 0 Å². The molecule has 116 valence electrons. The number of nitrogens with one attached hydrogen (secondary N) is 1. The van der Waals surface area contributed by atoms with Gasteiger partial charge < -0.3 is 19.4 Å². The lowest BCUT2D eigenvalue weighted by Gasteiger charge is -2.31. The second-order valence-electron chi connectivity index (χ2n) is 5.28. The largest absolute Gasteiger partial charge is 0.462 e. The average molecular weight is 294 g/mol. The predicted octanol–water partition coefficient (Wildman–Crippen LogP) is 1.67. The van der Waals surface area contributed by atoms with Crippen molar-refractivity contribution in [1.82, 2.24) is 9.88 Å². The van der Waals surface area contributed by atoms with Gasteiger partial charge in [0.15, 0.2) is 0 Å². The molecule has 1 aliphatic rings. The second kappa shape index (κ2) is 6.30. The van der Waals surface area contributed by atoms with Gasteiger partial charge in [-0.2, -0.15) is 0 Å². The molecule has 1 amide bonds. The molecule has 1 aromatic rings. The van der Waals surface area contributed by atoms with Crippen molar-refractivity contribution in [3.8, 4) is 0 Å². The van der Waals surface area contributed by atoms with Gasteiger partial charge >= 0.3 is 5.97 Å². The summed E-state index contributed by atoms with van der Waals surface area (Å²) in [5.41, 5.74) is 2.23. The molecule has 21 heavy (non-hydrogen) atoms. The number of carbonyl (C=O) groups excluding carboxylic acids is 2. The molecule has 1 fully saturated rings. The minimum Gasteiger partial charge on any atom is -0.462 e. The zero-order valence-electron chi connectivity index (χ0n) is 13.0. The van der Waals surface area contributed by atoms with Crippen molar-refractivity contribution in [3.05, 3.63) is 22.5 Å². The van der Waals surface area contributed by atoms with Crippen LogP contribution in [0.1, 0.15) is 46.0 Å². The van der Waals surface area contributed by atoms with Crippen molar-refractivity contribution >= 4 is 11.9 Å². The maximum atomic E-state index is 12.6. The Balaban J connectivity index is 2.26. The van der Waals surface area contributed by atoms with Crippen molar-refractivity contribution in [1.29, 1.82) is 0 Å². The van der Waals surface area contributed by atoms with Crippen molar-refractivity contribution in [2.75, 3.05) is 26.3 Å². The number of nitrogens with zero attached hydrogens (tertiary/aromatic N) is 1. The number of hydrogen-bond donors (Lipinski definition) is 1. The Morgan fingerprint density at radius 2 is 2.14 bits per heavy atom. The van der Waals surface area contributed by atoms with E-state index in [-0.39, 0.29) is 12.0 Å². The molecular formula is C15H22N2O4. The quantitative estimate of drug-likeness (QED) is 0.861. The van der Waals surface area contributed by atoms with Crippen LogP contribution in [-0.4, -0.2) is 54.2 Å². The Bertz CT molecular complexity index is 550. The molecule has 1 saturated heterocycles. The molecule has 6 nitrogen and oxygen atoms in total. The summed E-state index contributed by atoms with van der Waals surface area (Å²) in [7, 11) is 0. The second-order valence-corrected chi connectivity index (χ2v) is 5.28. The lowest BCUT2D eigenvalue weighted by Crippen LogP contribution is -2.44. The van der Waals surface area contributed by atoms with E-state index in [1.807, 2.05) is 6.92 Å². The normalized spacial score (nSPS) is 18.7. The fourth-order valence-corrected chi connectivity index (χ4v) is 2.63. The monoisotopic (exact) mass is 294 g/mol. The molecule has 1 atom stereocenters. The minimum absolute atomic E-state index is 0.0311. The molecule has 2 heterocycles. The van der Waals surface area contributed by atoms with Crippen LogP contribution >= 0.6 is 0 Å². The van der Waals surface area contributed by atoms with E-state index in [1.165, 1.54) is 0 Å². The SMILES string of the molecule is CCOC(=O)c1c(C)[nH]c(C(=O)N2CCOC(C)C2)c1C. The third-order valence-electron chi connectivity index (χ3n) is 3.66. The maximum Gasteiger partial charge on any atom is 0.340 e. The summed E-state index contributed by atoms with van der Waals surface area (Å²) < 4.78 is 10.5. The highest BCUT2D eigenvalue weighted by atomic mass is 16.5. The maximum absolute atomic E-state index is 12.6. The molecule has 2 rings (SSSR count). The molecule has 0 aromatic carbocycles. The summed E-state index contributed by atoms with van der Waals surface area (Å²) in [4.78, 5) is 29.3. The lowest BCUT2D eigenvalue weighted by molar-refractivity contribution is -0.0126. The number of aryl methyl sites for hydroxylation is 1. The highest BCUT2D eigenvalue weighted by Gasteiger charge is 2.28. The van der Waals surface area contributed by atoms with Crippen molar-refractivity contribution in [2.45, 2.75) is 33.8 Å². The van der Waals surface area contributed by atoms with E-state index in [0.717, 1.165) is 0 Å². The molecule has 0 saturated carbocycles. The van der Waals surface area contributed by atoms with Crippen LogP contribution in [0.2, 0.25) is 0 Å². The first kappa shape index (κ1) is 15.6. The Morgan fingerprint density at radius 3 is 2.76 bits per heavy atom. The first-order valence-electron chi connectivity index (χ1n) is 7.22. The van der Waals surface area contributed by atoms with Gasteiger partial charge in [-0.1, -0.05) is 0 Å². The Morgan fingerprint density at radius 1 is 1.43 bits per heavy atom. The Hall–Kier alpha value is -1.82. The topological polar surface area (TPSA) is 71.6 Å². The van der Waals surface area contributed by atoms with E-state index in [1.54, 1.807) is 25.7 Å². The van der Waals surface area contributed by atoms with Gasteiger partial charge in [0.05, 0.1) is 24.9 Å².